The highest BCUT2D eigenvalue weighted by atomic mass is 35.5. The molecule has 13 nitrogen and oxygen atoms in total. The lowest BCUT2D eigenvalue weighted by atomic mass is 10.0. The summed E-state index contributed by atoms with van der Waals surface area (Å²) in [5.74, 6) is -0.807. The topological polar surface area (TPSA) is 222 Å². The van der Waals surface area contributed by atoms with Gasteiger partial charge >= 0.3 is 0 Å². The number of aromatic amines is 2. The molecule has 0 radical (unpaired) electrons. The molecule has 3 atom stereocenters. The first-order valence-electron chi connectivity index (χ1n) is 16.6. The molecular formula is C37H46Cl2N10O3. The second-order valence-electron chi connectivity index (χ2n) is 12.3. The first-order chi connectivity index (χ1) is 24.2. The van der Waals surface area contributed by atoms with Crippen molar-refractivity contribution in [1.82, 2.24) is 30.9 Å². The summed E-state index contributed by atoms with van der Waals surface area (Å²) in [6.07, 6.45) is 4.48. The maximum Gasteiger partial charge on any atom is 0.243 e. The smallest absolute Gasteiger partial charge is 0.243 e. The van der Waals surface area contributed by atoms with E-state index >= 15 is 0 Å². The SMILES string of the molecule is Cc1ccc(-c2ncc(C[C@H](N)C(=O)N[C@@H](Cc3c[nH]c4ccccc34)C(=O)N[C@@H](CCCN=C(N)N)C(=O)NCc3ccccc3)[nH]2)cc1.Cl.Cl. The van der Waals surface area contributed by atoms with Gasteiger partial charge in [0.25, 0.3) is 0 Å². The summed E-state index contributed by atoms with van der Waals surface area (Å²) < 4.78 is 0. The molecule has 0 saturated heterocycles. The number of nitrogens with one attached hydrogen (secondary N) is 5. The molecule has 0 bridgehead atoms. The minimum atomic E-state index is -1.04. The van der Waals surface area contributed by atoms with Crippen molar-refractivity contribution in [3.63, 3.8) is 0 Å². The number of rotatable bonds is 16. The van der Waals surface area contributed by atoms with Crippen LogP contribution in [0.3, 0.4) is 0 Å². The van der Waals surface area contributed by atoms with E-state index < -0.39 is 29.9 Å². The van der Waals surface area contributed by atoms with Gasteiger partial charge in [0.2, 0.25) is 17.7 Å². The van der Waals surface area contributed by atoms with E-state index in [-0.39, 0.29) is 69.0 Å². The fourth-order valence-electron chi connectivity index (χ4n) is 5.61. The molecule has 2 aromatic heterocycles. The standard InChI is InChI=1S/C37H44N10O3.2ClH/c1-23-13-15-25(16-14-23)33-43-22-27(45-33)19-29(38)34(48)47-32(18-26-21-42-30-11-6-5-10-28(26)30)36(50)46-31(12-7-17-41-37(39)40)35(49)44-20-24-8-3-2-4-9-24;;/h2-6,8-11,13-16,21-22,29,31-32,42H,7,12,17-20,38H2,1H3,(H,43,45)(H,44,49)(H,46,50)(H,47,48)(H4,39,40,41);2*1H/t29-,31-,32-;;/m0../s1. The second kappa shape index (κ2) is 19.9. The Bertz CT molecular complexity index is 1920. The number of guanidine groups is 1. The monoisotopic (exact) mass is 748 g/mol. The fraction of sp³-hybridized carbons (Fsp3) is 0.270. The number of nitrogens with zero attached hydrogens (tertiary/aromatic N) is 2. The number of para-hydroxylation sites is 1. The summed E-state index contributed by atoms with van der Waals surface area (Å²) in [6, 6.07) is 22.1. The second-order valence-corrected chi connectivity index (χ2v) is 12.3. The van der Waals surface area contributed by atoms with Crippen molar-refractivity contribution in [2.24, 2.45) is 22.2 Å². The largest absolute Gasteiger partial charge is 0.370 e. The van der Waals surface area contributed by atoms with Crippen LogP contribution in [-0.2, 0) is 33.8 Å². The number of carbonyl (C=O) groups is 3. The predicted molar refractivity (Wildman–Crippen MR) is 209 cm³/mol. The Morgan fingerprint density at radius 2 is 1.54 bits per heavy atom. The molecule has 5 aromatic rings. The van der Waals surface area contributed by atoms with Crippen LogP contribution in [0.15, 0.2) is 96.2 Å². The molecule has 2 heterocycles. The molecule has 3 aromatic carbocycles. The highest BCUT2D eigenvalue weighted by Crippen LogP contribution is 2.20. The maximum atomic E-state index is 14.0. The Kier molecular flexibility index (Phi) is 15.7. The number of hydrogen-bond donors (Lipinski definition) is 8. The number of aryl methyl sites for hydroxylation is 1. The lowest BCUT2D eigenvalue weighted by Crippen LogP contribution is -2.56. The summed E-state index contributed by atoms with van der Waals surface area (Å²) >= 11 is 0. The number of amides is 3. The normalized spacial score (nSPS) is 12.3. The van der Waals surface area contributed by atoms with E-state index in [1.165, 1.54) is 0 Å². The molecule has 11 N–H and O–H groups in total. The summed E-state index contributed by atoms with van der Waals surface area (Å²) in [7, 11) is 0. The van der Waals surface area contributed by atoms with Gasteiger partial charge in [0.15, 0.2) is 5.96 Å². The molecular weight excluding hydrogens is 703 g/mol. The van der Waals surface area contributed by atoms with Crippen LogP contribution in [0.2, 0.25) is 0 Å². The molecule has 15 heteroatoms. The number of imidazole rings is 1. The van der Waals surface area contributed by atoms with E-state index in [0.717, 1.165) is 33.2 Å². The van der Waals surface area contributed by atoms with E-state index in [1.807, 2.05) is 92.0 Å². The third-order valence-corrected chi connectivity index (χ3v) is 8.35. The average Bonchev–Trinajstić information content (AvgIpc) is 3.76. The van der Waals surface area contributed by atoms with E-state index in [9.17, 15) is 14.4 Å². The van der Waals surface area contributed by atoms with Gasteiger partial charge in [0.05, 0.1) is 6.04 Å². The number of hydrogen-bond acceptors (Lipinski definition) is 6. The number of halogens is 2. The van der Waals surface area contributed by atoms with Gasteiger partial charge in [0.1, 0.15) is 17.9 Å². The third kappa shape index (κ3) is 11.6. The average molecular weight is 750 g/mol. The Labute approximate surface area is 314 Å². The fourth-order valence-corrected chi connectivity index (χ4v) is 5.61. The summed E-state index contributed by atoms with van der Waals surface area (Å²) in [6.45, 7) is 2.57. The van der Waals surface area contributed by atoms with Crippen LogP contribution in [0, 0.1) is 6.92 Å². The lowest BCUT2D eigenvalue weighted by Gasteiger charge is -2.24. The van der Waals surface area contributed by atoms with Gasteiger partial charge < -0.3 is 43.1 Å². The number of benzene rings is 3. The van der Waals surface area contributed by atoms with E-state index in [2.05, 4.69) is 35.9 Å². The number of fused-ring (bicyclic) bond motifs is 1. The van der Waals surface area contributed by atoms with Crippen LogP contribution in [-0.4, -0.2) is 63.3 Å². The predicted octanol–water partition coefficient (Wildman–Crippen LogP) is 3.16. The van der Waals surface area contributed by atoms with Gasteiger partial charge in [-0.15, -0.1) is 24.8 Å². The Hall–Kier alpha value is -5.37. The summed E-state index contributed by atoms with van der Waals surface area (Å²) in [4.78, 5) is 55.9. The number of aliphatic imine (C=N–C) groups is 1. The molecule has 276 valence electrons. The number of H-pyrrole nitrogens is 2. The van der Waals surface area contributed by atoms with E-state index in [1.54, 1.807) is 6.20 Å². The molecule has 0 fully saturated rings. The van der Waals surface area contributed by atoms with Crippen molar-refractivity contribution in [3.8, 4) is 11.4 Å². The van der Waals surface area contributed by atoms with Crippen molar-refractivity contribution < 1.29 is 14.4 Å². The van der Waals surface area contributed by atoms with Crippen molar-refractivity contribution in [2.75, 3.05) is 6.54 Å². The number of aromatic nitrogens is 3. The lowest BCUT2D eigenvalue weighted by molar-refractivity contribution is -0.132. The Morgan fingerprint density at radius 1 is 0.846 bits per heavy atom. The Balaban J connectivity index is 0.00000364. The third-order valence-electron chi connectivity index (χ3n) is 8.35. The first kappa shape index (κ1) is 41.1. The minimum Gasteiger partial charge on any atom is -0.370 e. The van der Waals surface area contributed by atoms with Crippen molar-refractivity contribution in [3.05, 3.63) is 114 Å². The number of nitrogens with two attached hydrogens (primary N) is 3. The molecule has 0 aliphatic heterocycles. The van der Waals surface area contributed by atoms with Gasteiger partial charge in [0, 0.05) is 60.5 Å². The van der Waals surface area contributed by atoms with Crippen LogP contribution in [0.25, 0.3) is 22.3 Å². The highest BCUT2D eigenvalue weighted by molar-refractivity contribution is 5.94. The van der Waals surface area contributed by atoms with Crippen LogP contribution < -0.4 is 33.2 Å². The van der Waals surface area contributed by atoms with Gasteiger partial charge in [-0.05, 0) is 37.0 Å². The van der Waals surface area contributed by atoms with Crippen molar-refractivity contribution in [2.45, 2.75) is 57.3 Å². The molecule has 0 saturated carbocycles. The van der Waals surface area contributed by atoms with Crippen molar-refractivity contribution in [1.29, 1.82) is 0 Å². The van der Waals surface area contributed by atoms with Crippen LogP contribution >= 0.6 is 24.8 Å². The molecule has 0 unspecified atom stereocenters. The zero-order valence-electron chi connectivity index (χ0n) is 28.8. The number of carbonyl (C=O) groups excluding carboxylic acids is 3. The van der Waals surface area contributed by atoms with Gasteiger partial charge in [-0.2, -0.15) is 0 Å². The molecule has 3 amide bonds. The highest BCUT2D eigenvalue weighted by Gasteiger charge is 2.29. The maximum absolute atomic E-state index is 14.0. The van der Waals surface area contributed by atoms with Gasteiger partial charge in [-0.3, -0.25) is 19.4 Å². The van der Waals surface area contributed by atoms with Crippen LogP contribution in [0.4, 0.5) is 0 Å². The van der Waals surface area contributed by atoms with Gasteiger partial charge in [-0.25, -0.2) is 4.98 Å². The van der Waals surface area contributed by atoms with E-state index in [0.29, 0.717) is 17.9 Å². The van der Waals surface area contributed by atoms with E-state index in [4.69, 9.17) is 17.2 Å². The molecule has 0 aliphatic carbocycles. The minimum absolute atomic E-state index is 0. The quantitative estimate of drug-likeness (QED) is 0.0427. The molecule has 0 aliphatic rings. The van der Waals surface area contributed by atoms with Crippen molar-refractivity contribution >= 4 is 59.4 Å². The van der Waals surface area contributed by atoms with Gasteiger partial charge in [-0.1, -0.05) is 78.4 Å². The molecule has 5 rings (SSSR count). The van der Waals surface area contributed by atoms with Crippen LogP contribution in [0.5, 0.6) is 0 Å². The zero-order valence-corrected chi connectivity index (χ0v) is 30.4. The summed E-state index contributed by atoms with van der Waals surface area (Å²) in [5, 5.41) is 9.56. The first-order valence-corrected chi connectivity index (χ1v) is 16.6. The summed E-state index contributed by atoms with van der Waals surface area (Å²) in [5.41, 5.74) is 22.7. The molecule has 0 spiro atoms. The molecule has 52 heavy (non-hydrogen) atoms. The van der Waals surface area contributed by atoms with Crippen LogP contribution in [0.1, 0.15) is 35.2 Å². The zero-order chi connectivity index (χ0) is 35.5. The Morgan fingerprint density at radius 3 is 2.27 bits per heavy atom.